The van der Waals surface area contributed by atoms with Crippen LogP contribution in [0.15, 0.2) is 97.1 Å². The molecule has 0 aromatic heterocycles. The first-order valence-corrected chi connectivity index (χ1v) is 29.5. The average Bonchev–Trinajstić information content (AvgIpc) is 2.34. The zero-order chi connectivity index (χ0) is 63.4. The summed E-state index contributed by atoms with van der Waals surface area (Å²) in [5, 5.41) is 100. The van der Waals surface area contributed by atoms with Crippen molar-refractivity contribution in [2.24, 2.45) is 11.8 Å². The van der Waals surface area contributed by atoms with Gasteiger partial charge in [-0.05, 0) is 98.6 Å². The van der Waals surface area contributed by atoms with Crippen LogP contribution in [0.2, 0.25) is 0 Å². The molecule has 0 aliphatic carbocycles. The summed E-state index contributed by atoms with van der Waals surface area (Å²) in [4.78, 5) is 106. The van der Waals surface area contributed by atoms with Crippen LogP contribution in [0.4, 0.5) is 0 Å². The van der Waals surface area contributed by atoms with Gasteiger partial charge in [0.25, 0.3) is 5.91 Å². The Morgan fingerprint density at radius 2 is 1.24 bits per heavy atom. The number of amides is 6. The molecule has 3 heterocycles. The van der Waals surface area contributed by atoms with Gasteiger partial charge in [0.1, 0.15) is 47.9 Å². The third-order valence-electron chi connectivity index (χ3n) is 16.2. The van der Waals surface area contributed by atoms with Gasteiger partial charge in [-0.1, -0.05) is 87.4 Å². The van der Waals surface area contributed by atoms with Gasteiger partial charge in [-0.15, -0.1) is 0 Å². The maximum atomic E-state index is 14.8. The number of carbonyl (C=O) groups is 7. The summed E-state index contributed by atoms with van der Waals surface area (Å²) < 4.78 is 11.9. The van der Waals surface area contributed by atoms with Gasteiger partial charge in [-0.2, -0.15) is 0 Å². The second-order valence-electron chi connectivity index (χ2n) is 23.2. The maximum absolute atomic E-state index is 14.8. The van der Waals surface area contributed by atoms with Crippen molar-refractivity contribution in [3.8, 4) is 33.8 Å². The van der Waals surface area contributed by atoms with E-state index >= 15 is 0 Å². The van der Waals surface area contributed by atoms with Gasteiger partial charge in [-0.25, -0.2) is 0 Å². The van der Waals surface area contributed by atoms with Crippen molar-refractivity contribution in [2.45, 2.75) is 145 Å². The zero-order valence-electron chi connectivity index (χ0n) is 49.8. The van der Waals surface area contributed by atoms with Gasteiger partial charge in [0.15, 0.2) is 12.0 Å². The van der Waals surface area contributed by atoms with Gasteiger partial charge < -0.3 is 86.3 Å². The number of likely N-dealkylation sites (N-methyl/N-ethyl adjacent to an activating group) is 1. The molecule has 3 aliphatic rings. The fourth-order valence-electron chi connectivity index (χ4n) is 11.0. The normalized spacial score (nSPS) is 26.8. The summed E-state index contributed by atoms with van der Waals surface area (Å²) in [7, 11) is 3.44. The number of aliphatic hydroxyl groups excluding tert-OH is 7. The van der Waals surface area contributed by atoms with Crippen LogP contribution in [0.3, 0.4) is 0 Å². The highest BCUT2D eigenvalue weighted by Gasteiger charge is 2.50. The highest BCUT2D eigenvalue weighted by atomic mass is 16.5. The van der Waals surface area contributed by atoms with E-state index in [4.69, 9.17) is 9.47 Å². The number of carbonyl (C=O) groups excluding carboxylic acids is 7. The number of unbranched alkanes of at least 4 members (excludes halogenated alkanes) is 2. The van der Waals surface area contributed by atoms with Crippen molar-refractivity contribution in [3.05, 3.63) is 108 Å². The van der Waals surface area contributed by atoms with E-state index in [1.807, 2.05) is 48.5 Å². The highest BCUT2D eigenvalue weighted by molar-refractivity contribution is 6.00. The Kier molecular flexibility index (Phi) is 23.5. The van der Waals surface area contributed by atoms with Crippen LogP contribution in [-0.4, -0.2) is 217 Å². The number of ketones is 1. The standard InChI is InChI=1S/C63H83N7O17/c1-7-8-9-27-86-45-24-20-40(21-25-45)38-12-10-37(11-13-38)39-14-16-42(17-15-39)57(80)64-47-31-50(76)61(87-28-26-68(5)6)67-60(83)53-54(77)34(2)32-70(53)63(85)52(36(4)72)65-58(81)46(56(79)55(78)41-18-22-43(73)23-19-41)30-49(75)48-29-44(74)33-69(48)62(84)51(35(3)71)66-59(47)82/h10-25,34-36,44,46-48,50-56,61,71-74,76-79H,7-9,26-33H2,1-6H3,(H,64,80)(H,65,81)(H,66,82)(H,67,83)/t34-,35+,36+,44+,46?,47-,48?,50+,51?,52?,53?,54-,55-,56-,61?/m0/s1. The Bertz CT molecular complexity index is 2980. The first-order chi connectivity index (χ1) is 41.4. The van der Waals surface area contributed by atoms with Crippen molar-refractivity contribution in [2.75, 3.05) is 46.9 Å². The van der Waals surface area contributed by atoms with Crippen LogP contribution in [0.25, 0.3) is 22.3 Å². The summed E-state index contributed by atoms with van der Waals surface area (Å²) in [5.41, 5.74) is 3.53. The Morgan fingerprint density at radius 3 is 1.80 bits per heavy atom. The third-order valence-corrected chi connectivity index (χ3v) is 16.2. The molecule has 3 saturated heterocycles. The molecule has 24 nitrogen and oxygen atoms in total. The number of nitrogens with zero attached hydrogens (tertiary/aromatic N) is 3. The van der Waals surface area contributed by atoms with E-state index in [-0.39, 0.29) is 36.6 Å². The van der Waals surface area contributed by atoms with Crippen LogP contribution < -0.4 is 26.0 Å². The largest absolute Gasteiger partial charge is 0.508 e. The van der Waals surface area contributed by atoms with Crippen LogP contribution in [-0.2, 0) is 33.5 Å². The highest BCUT2D eigenvalue weighted by Crippen LogP contribution is 2.32. The Morgan fingerprint density at radius 1 is 0.690 bits per heavy atom. The number of ether oxygens (including phenoxy) is 2. The smallest absolute Gasteiger partial charge is 0.251 e. The number of phenols is 1. The predicted octanol–water partition coefficient (Wildman–Crippen LogP) is 0.749. The molecule has 12 N–H and O–H groups in total. The number of Topliss-reactive ketones (excluding diaryl/α,β-unsaturated/α-hetero) is 1. The molecule has 87 heavy (non-hydrogen) atoms. The Hall–Kier alpha value is -7.39. The van der Waals surface area contributed by atoms with E-state index in [2.05, 4.69) is 28.2 Å². The molecule has 472 valence electrons. The molecular formula is C63H83N7O17. The van der Waals surface area contributed by atoms with E-state index in [0.717, 1.165) is 70.9 Å². The lowest BCUT2D eigenvalue weighted by Crippen LogP contribution is -2.61. The van der Waals surface area contributed by atoms with E-state index in [1.165, 1.54) is 43.3 Å². The number of aliphatic hydroxyl groups is 7. The van der Waals surface area contributed by atoms with Crippen molar-refractivity contribution in [1.82, 2.24) is 36.0 Å². The molecule has 24 heteroatoms. The van der Waals surface area contributed by atoms with Crippen molar-refractivity contribution in [3.63, 3.8) is 0 Å². The van der Waals surface area contributed by atoms with Crippen LogP contribution in [0, 0.1) is 11.8 Å². The second kappa shape index (κ2) is 30.5. The second-order valence-corrected chi connectivity index (χ2v) is 23.2. The first-order valence-electron chi connectivity index (χ1n) is 29.5. The number of hydrogen-bond donors (Lipinski definition) is 12. The van der Waals surface area contributed by atoms with Gasteiger partial charge >= 0.3 is 0 Å². The minimum atomic E-state index is -2.18. The molecular weight excluding hydrogens is 1130 g/mol. The number of benzene rings is 4. The van der Waals surface area contributed by atoms with Crippen molar-refractivity contribution < 1.29 is 83.9 Å². The summed E-state index contributed by atoms with van der Waals surface area (Å²) in [6.07, 6.45) is -13.2. The molecule has 0 bridgehead atoms. The molecule has 4 aromatic carbocycles. The number of nitrogens with one attached hydrogen (secondary N) is 4. The molecule has 4 aromatic rings. The quantitative estimate of drug-likeness (QED) is 0.0612. The summed E-state index contributed by atoms with van der Waals surface area (Å²) in [5.74, 6) is -9.75. The number of aromatic hydroxyl groups is 1. The molecule has 6 amide bonds. The molecule has 15 atom stereocenters. The molecule has 0 saturated carbocycles. The van der Waals surface area contributed by atoms with Gasteiger partial charge in [0.05, 0.1) is 55.7 Å². The topological polar surface area (TPSA) is 358 Å². The van der Waals surface area contributed by atoms with E-state index in [9.17, 15) is 74.4 Å². The molecule has 3 aliphatic heterocycles. The van der Waals surface area contributed by atoms with E-state index < -0.39 is 158 Å². The summed E-state index contributed by atoms with van der Waals surface area (Å²) in [6.45, 7) is 5.81. The molecule has 0 radical (unpaired) electrons. The van der Waals surface area contributed by atoms with Crippen molar-refractivity contribution in [1.29, 1.82) is 0 Å². The summed E-state index contributed by atoms with van der Waals surface area (Å²) in [6, 6.07) is 17.8. The average molecular weight is 1210 g/mol. The van der Waals surface area contributed by atoms with Crippen LogP contribution >= 0.6 is 0 Å². The first kappa shape index (κ1) is 67.1. The zero-order valence-corrected chi connectivity index (χ0v) is 49.8. The van der Waals surface area contributed by atoms with Crippen molar-refractivity contribution >= 4 is 41.2 Å². The SMILES string of the molecule is CCCCCOc1ccc(-c2ccc(-c3ccc(C(=O)N[C@H]4C[C@@H](O)C(OCCN(C)C)NC(=O)C5[C@@H](O)[C@@H](C)CN5C(=O)C([C@@H](C)O)NC(=O)C([C@H](O)[C@@H](O)c5ccc(O)cc5)CC(=O)C5C[C@@H](O)CN5C(=O)C([C@@H](C)O)NC4=O)cc3)cc2)cc1. The molecule has 6 unspecified atom stereocenters. The molecule has 7 rings (SSSR count). The van der Waals surface area contributed by atoms with Crippen LogP contribution in [0.5, 0.6) is 11.5 Å². The molecule has 0 spiro atoms. The predicted molar refractivity (Wildman–Crippen MR) is 317 cm³/mol. The number of phenolic OH excluding ortho intramolecular Hbond substituents is 1. The van der Waals surface area contributed by atoms with E-state index in [1.54, 1.807) is 31.1 Å². The minimum absolute atomic E-state index is 0.0236. The minimum Gasteiger partial charge on any atom is -0.508 e. The Labute approximate surface area is 505 Å². The van der Waals surface area contributed by atoms with Gasteiger partial charge in [-0.3, -0.25) is 33.6 Å². The maximum Gasteiger partial charge on any atom is 0.251 e. The van der Waals surface area contributed by atoms with Crippen LogP contribution in [0.1, 0.15) is 88.2 Å². The van der Waals surface area contributed by atoms with Gasteiger partial charge in [0.2, 0.25) is 29.5 Å². The number of rotatable bonds is 18. The lowest BCUT2D eigenvalue weighted by atomic mass is 9.86. The van der Waals surface area contributed by atoms with E-state index in [0.29, 0.717) is 6.61 Å². The third kappa shape index (κ3) is 17.0. The fourth-order valence-corrected chi connectivity index (χ4v) is 11.0. The summed E-state index contributed by atoms with van der Waals surface area (Å²) >= 11 is 0. The lowest BCUT2D eigenvalue weighted by molar-refractivity contribution is -0.150. The monoisotopic (exact) mass is 1210 g/mol. The fraction of sp³-hybridized carbons (Fsp3) is 0.508. The number of fused-ring (bicyclic) bond motifs is 2. The number of hydrogen-bond acceptors (Lipinski definition) is 18. The lowest BCUT2D eigenvalue weighted by Gasteiger charge is -2.34. The Balaban J connectivity index is 1.22. The van der Waals surface area contributed by atoms with Gasteiger partial charge in [0, 0.05) is 50.4 Å². The molecule has 3 fully saturated rings.